The van der Waals surface area contributed by atoms with E-state index in [2.05, 4.69) is 10.6 Å². The molecule has 0 radical (unpaired) electrons. The molecule has 0 bridgehead atoms. The van der Waals surface area contributed by atoms with Crippen LogP contribution in [0.1, 0.15) is 17.2 Å². The van der Waals surface area contributed by atoms with Crippen LogP contribution in [-0.4, -0.2) is 25.4 Å². The number of hydrogen-bond donors (Lipinski definition) is 3. The summed E-state index contributed by atoms with van der Waals surface area (Å²) in [6.07, 6.45) is -4.68. The lowest BCUT2D eigenvalue weighted by atomic mass is 10.1. The predicted molar refractivity (Wildman–Crippen MR) is 95.1 cm³/mol. The second-order valence-electron chi connectivity index (χ2n) is 5.68. The first-order valence-electron chi connectivity index (χ1n) is 7.99. The van der Waals surface area contributed by atoms with Crippen molar-refractivity contribution < 1.29 is 28.1 Å². The maximum absolute atomic E-state index is 13.2. The molecule has 0 heterocycles. The van der Waals surface area contributed by atoms with Gasteiger partial charge in [0, 0.05) is 17.6 Å². The molecule has 2 aromatic carbocycles. The van der Waals surface area contributed by atoms with Crippen molar-refractivity contribution in [3.05, 3.63) is 64.7 Å². The predicted octanol–water partition coefficient (Wildman–Crippen LogP) is 2.35. The van der Waals surface area contributed by atoms with E-state index >= 15 is 0 Å². The first-order chi connectivity index (χ1) is 12.7. The summed E-state index contributed by atoms with van der Waals surface area (Å²) in [5.74, 6) is -0.996. The van der Waals surface area contributed by atoms with Gasteiger partial charge in [0.15, 0.2) is 12.6 Å². The standard InChI is InChI=1S/C18H17ClF3N3O2/c1-23-15(26)10-24-16(11-5-3-2-4-6-11)17(27)25-14-8-7-12(19)9-13(14)18(20,21)22/h2-9,16,24H,10H2,1H3,(H,23,26)(H,25,27)/p+1/t16-/m0/s1. The third-order valence-electron chi connectivity index (χ3n) is 3.80. The largest absolute Gasteiger partial charge is 0.418 e. The van der Waals surface area contributed by atoms with Crippen molar-refractivity contribution in [2.75, 3.05) is 18.9 Å². The van der Waals surface area contributed by atoms with E-state index in [-0.39, 0.29) is 17.5 Å². The minimum Gasteiger partial charge on any atom is -0.354 e. The van der Waals surface area contributed by atoms with Crippen LogP contribution in [0, 0.1) is 0 Å². The third-order valence-corrected chi connectivity index (χ3v) is 4.04. The maximum atomic E-state index is 13.2. The molecule has 27 heavy (non-hydrogen) atoms. The van der Waals surface area contributed by atoms with Crippen LogP contribution in [0.25, 0.3) is 0 Å². The second kappa shape index (κ2) is 8.88. The van der Waals surface area contributed by atoms with Crippen molar-refractivity contribution in [2.45, 2.75) is 12.2 Å². The molecule has 5 nitrogen and oxygen atoms in total. The molecule has 1 atom stereocenters. The van der Waals surface area contributed by atoms with Crippen LogP contribution >= 0.6 is 11.6 Å². The number of nitrogens with one attached hydrogen (secondary N) is 2. The van der Waals surface area contributed by atoms with Crippen LogP contribution in [0.3, 0.4) is 0 Å². The highest BCUT2D eigenvalue weighted by Gasteiger charge is 2.35. The average molecular weight is 401 g/mol. The lowest BCUT2D eigenvalue weighted by Crippen LogP contribution is -2.89. The molecule has 4 N–H and O–H groups in total. The number of hydrogen-bond acceptors (Lipinski definition) is 2. The molecular formula is C18H18ClF3N3O2+. The van der Waals surface area contributed by atoms with Crippen molar-refractivity contribution in [3.8, 4) is 0 Å². The number of anilines is 1. The van der Waals surface area contributed by atoms with Gasteiger partial charge in [0.25, 0.3) is 11.8 Å². The van der Waals surface area contributed by atoms with E-state index in [1.54, 1.807) is 30.3 Å². The topological polar surface area (TPSA) is 74.8 Å². The summed E-state index contributed by atoms with van der Waals surface area (Å²) in [5.41, 5.74) is -0.880. The van der Waals surface area contributed by atoms with Gasteiger partial charge in [-0.25, -0.2) is 0 Å². The second-order valence-corrected chi connectivity index (χ2v) is 6.11. The summed E-state index contributed by atoms with van der Waals surface area (Å²) in [5, 5.41) is 6.09. The maximum Gasteiger partial charge on any atom is 0.418 e. The number of carbonyl (C=O) groups is 2. The van der Waals surface area contributed by atoms with Gasteiger partial charge in [-0.05, 0) is 18.2 Å². The Balaban J connectivity index is 2.30. The van der Waals surface area contributed by atoms with Gasteiger partial charge in [-0.15, -0.1) is 0 Å². The Labute approximate surface area is 158 Å². The zero-order chi connectivity index (χ0) is 20.0. The van der Waals surface area contributed by atoms with Crippen molar-refractivity contribution >= 4 is 29.1 Å². The van der Waals surface area contributed by atoms with E-state index in [4.69, 9.17) is 11.6 Å². The molecule has 0 saturated carbocycles. The number of amides is 2. The fourth-order valence-electron chi connectivity index (χ4n) is 2.45. The molecule has 144 valence electrons. The number of halogens is 4. The summed E-state index contributed by atoms with van der Waals surface area (Å²) >= 11 is 5.66. The lowest BCUT2D eigenvalue weighted by molar-refractivity contribution is -0.672. The monoisotopic (exact) mass is 400 g/mol. The van der Waals surface area contributed by atoms with Crippen LogP contribution in [0.5, 0.6) is 0 Å². The minimum absolute atomic E-state index is 0.0593. The first-order valence-corrected chi connectivity index (χ1v) is 8.36. The molecule has 0 fully saturated rings. The molecule has 0 aromatic heterocycles. The van der Waals surface area contributed by atoms with Crippen LogP contribution in [0.15, 0.2) is 48.5 Å². The number of quaternary nitrogens is 1. The zero-order valence-electron chi connectivity index (χ0n) is 14.3. The molecule has 2 amide bonds. The zero-order valence-corrected chi connectivity index (χ0v) is 15.1. The minimum atomic E-state index is -4.68. The molecule has 9 heteroatoms. The number of nitrogens with two attached hydrogens (primary N) is 1. The highest BCUT2D eigenvalue weighted by Crippen LogP contribution is 2.36. The van der Waals surface area contributed by atoms with E-state index in [1.165, 1.54) is 18.4 Å². The van der Waals surface area contributed by atoms with Crippen LogP contribution in [-0.2, 0) is 15.8 Å². The van der Waals surface area contributed by atoms with Crippen molar-refractivity contribution in [2.24, 2.45) is 0 Å². The number of benzene rings is 2. The number of likely N-dealkylation sites (N-methyl/N-ethyl adjacent to an activating group) is 1. The highest BCUT2D eigenvalue weighted by molar-refractivity contribution is 6.30. The van der Waals surface area contributed by atoms with Crippen molar-refractivity contribution in [1.82, 2.24) is 5.32 Å². The van der Waals surface area contributed by atoms with Gasteiger partial charge in [-0.2, -0.15) is 13.2 Å². The first kappa shape index (κ1) is 20.7. The smallest absolute Gasteiger partial charge is 0.354 e. The van der Waals surface area contributed by atoms with Gasteiger partial charge in [0.1, 0.15) is 0 Å². The Bertz CT molecular complexity index is 813. The van der Waals surface area contributed by atoms with Gasteiger partial charge >= 0.3 is 6.18 Å². The Morgan fingerprint density at radius 3 is 2.41 bits per heavy atom. The van der Waals surface area contributed by atoms with E-state index in [1.807, 2.05) is 0 Å². The number of carbonyl (C=O) groups excluding carboxylic acids is 2. The number of alkyl halides is 3. The van der Waals surface area contributed by atoms with Gasteiger partial charge < -0.3 is 16.0 Å². The third kappa shape index (κ3) is 5.70. The fourth-order valence-corrected chi connectivity index (χ4v) is 2.62. The van der Waals surface area contributed by atoms with Crippen LogP contribution < -0.4 is 16.0 Å². The molecule has 0 aliphatic rings. The van der Waals surface area contributed by atoms with Crippen molar-refractivity contribution in [1.29, 1.82) is 0 Å². The normalized spacial score (nSPS) is 12.3. The Morgan fingerprint density at radius 2 is 1.81 bits per heavy atom. The van der Waals surface area contributed by atoms with E-state index in [0.29, 0.717) is 5.56 Å². The molecule has 2 aromatic rings. The Hall–Kier alpha value is -2.58. The SMILES string of the molecule is CNC(=O)C[NH2+][C@H](C(=O)Nc1ccc(Cl)cc1C(F)(F)F)c1ccccc1. The molecule has 0 aliphatic heterocycles. The molecule has 0 saturated heterocycles. The van der Waals surface area contributed by atoms with E-state index < -0.39 is 29.4 Å². The summed E-state index contributed by atoms with van der Waals surface area (Å²) in [6.45, 7) is -0.0593. The molecule has 2 rings (SSSR count). The Morgan fingerprint density at radius 1 is 1.15 bits per heavy atom. The lowest BCUT2D eigenvalue weighted by Gasteiger charge is -2.18. The summed E-state index contributed by atoms with van der Waals surface area (Å²) in [6, 6.07) is 10.7. The fraction of sp³-hybridized carbons (Fsp3) is 0.222. The Kier molecular flexibility index (Phi) is 6.81. The highest BCUT2D eigenvalue weighted by atomic mass is 35.5. The summed E-state index contributed by atoms with van der Waals surface area (Å²) in [7, 11) is 1.46. The van der Waals surface area contributed by atoms with E-state index in [9.17, 15) is 22.8 Å². The average Bonchev–Trinajstić information content (AvgIpc) is 2.63. The molecular weight excluding hydrogens is 383 g/mol. The van der Waals surface area contributed by atoms with Crippen molar-refractivity contribution in [3.63, 3.8) is 0 Å². The van der Waals surface area contributed by atoms with Gasteiger partial charge in [-0.1, -0.05) is 41.9 Å². The molecule has 0 unspecified atom stereocenters. The quantitative estimate of drug-likeness (QED) is 0.696. The molecule has 0 spiro atoms. The van der Waals surface area contributed by atoms with E-state index in [0.717, 1.165) is 12.1 Å². The van der Waals surface area contributed by atoms with Gasteiger partial charge in [0.05, 0.1) is 11.3 Å². The summed E-state index contributed by atoms with van der Waals surface area (Å²) in [4.78, 5) is 24.2. The molecule has 0 aliphatic carbocycles. The van der Waals surface area contributed by atoms with Crippen LogP contribution in [0.2, 0.25) is 5.02 Å². The van der Waals surface area contributed by atoms with Gasteiger partial charge in [-0.3, -0.25) is 9.59 Å². The summed E-state index contributed by atoms with van der Waals surface area (Å²) < 4.78 is 39.7. The van der Waals surface area contributed by atoms with Crippen LogP contribution in [0.4, 0.5) is 18.9 Å². The van der Waals surface area contributed by atoms with Gasteiger partial charge in [0.2, 0.25) is 0 Å². The number of rotatable bonds is 6.